The van der Waals surface area contributed by atoms with Gasteiger partial charge < -0.3 is 15.0 Å². The van der Waals surface area contributed by atoms with Gasteiger partial charge in [0.25, 0.3) is 11.8 Å². The zero-order valence-electron chi connectivity index (χ0n) is 16.6. The molecule has 5 heteroatoms. The van der Waals surface area contributed by atoms with Gasteiger partial charge in [0, 0.05) is 29.9 Å². The number of anilines is 1. The molecular formula is C23H28N2O3. The van der Waals surface area contributed by atoms with Crippen molar-refractivity contribution < 1.29 is 14.3 Å². The number of hydrogen-bond donors (Lipinski definition) is 1. The van der Waals surface area contributed by atoms with Crippen molar-refractivity contribution in [2.24, 2.45) is 5.92 Å². The highest BCUT2D eigenvalue weighted by molar-refractivity contribution is 6.05. The summed E-state index contributed by atoms with van der Waals surface area (Å²) in [5.74, 6) is 1.17. The number of likely N-dealkylation sites (tertiary alicyclic amines) is 1. The standard InChI is InChI=1S/C23H28N2O3/c1-17(2)12-15-28-21-10-8-18(9-11-21)22(26)24-20-7-5-6-19(16-20)23(27)25-13-3-4-14-25/h5-11,16-17H,3-4,12-15H2,1-2H3,(H,24,26). The molecule has 1 heterocycles. The number of rotatable bonds is 7. The molecule has 0 unspecified atom stereocenters. The molecular weight excluding hydrogens is 352 g/mol. The molecule has 1 fully saturated rings. The quantitative estimate of drug-likeness (QED) is 0.764. The van der Waals surface area contributed by atoms with Crippen molar-refractivity contribution in [2.45, 2.75) is 33.1 Å². The van der Waals surface area contributed by atoms with Gasteiger partial charge in [-0.3, -0.25) is 9.59 Å². The van der Waals surface area contributed by atoms with Crippen molar-refractivity contribution >= 4 is 17.5 Å². The number of nitrogens with zero attached hydrogens (tertiary/aromatic N) is 1. The molecule has 1 aliphatic rings. The van der Waals surface area contributed by atoms with Crippen LogP contribution in [0.2, 0.25) is 0 Å². The molecule has 0 bridgehead atoms. The fourth-order valence-electron chi connectivity index (χ4n) is 3.15. The molecule has 5 nitrogen and oxygen atoms in total. The van der Waals surface area contributed by atoms with Crippen LogP contribution in [0.15, 0.2) is 48.5 Å². The van der Waals surface area contributed by atoms with Gasteiger partial charge in [0.05, 0.1) is 6.61 Å². The molecule has 0 aromatic heterocycles. The lowest BCUT2D eigenvalue weighted by Crippen LogP contribution is -2.27. The summed E-state index contributed by atoms with van der Waals surface area (Å²) in [7, 11) is 0. The van der Waals surface area contributed by atoms with E-state index in [2.05, 4.69) is 19.2 Å². The van der Waals surface area contributed by atoms with E-state index in [4.69, 9.17) is 4.74 Å². The van der Waals surface area contributed by atoms with Gasteiger partial charge in [-0.05, 0) is 67.6 Å². The largest absolute Gasteiger partial charge is 0.494 e. The van der Waals surface area contributed by atoms with Gasteiger partial charge in [-0.15, -0.1) is 0 Å². The zero-order valence-corrected chi connectivity index (χ0v) is 16.6. The summed E-state index contributed by atoms with van der Waals surface area (Å²) in [5.41, 5.74) is 1.77. The predicted octanol–water partition coefficient (Wildman–Crippen LogP) is 4.60. The number of nitrogens with one attached hydrogen (secondary N) is 1. The number of carbonyl (C=O) groups is 2. The molecule has 0 radical (unpaired) electrons. The second kappa shape index (κ2) is 9.40. The van der Waals surface area contributed by atoms with E-state index in [1.54, 1.807) is 36.4 Å². The molecule has 2 aromatic carbocycles. The molecule has 3 rings (SSSR count). The number of benzene rings is 2. The van der Waals surface area contributed by atoms with Gasteiger partial charge in [-0.25, -0.2) is 0 Å². The second-order valence-electron chi connectivity index (χ2n) is 7.59. The van der Waals surface area contributed by atoms with Crippen LogP contribution in [-0.4, -0.2) is 36.4 Å². The van der Waals surface area contributed by atoms with Crippen LogP contribution in [0, 0.1) is 5.92 Å². The average molecular weight is 380 g/mol. The predicted molar refractivity (Wildman–Crippen MR) is 111 cm³/mol. The van der Waals surface area contributed by atoms with Gasteiger partial charge in [-0.2, -0.15) is 0 Å². The third kappa shape index (κ3) is 5.35. The van der Waals surface area contributed by atoms with Crippen LogP contribution in [0.3, 0.4) is 0 Å². The van der Waals surface area contributed by atoms with E-state index in [9.17, 15) is 9.59 Å². The number of amides is 2. The Kier molecular flexibility index (Phi) is 6.69. The Balaban J connectivity index is 1.59. The minimum Gasteiger partial charge on any atom is -0.494 e. The maximum atomic E-state index is 12.5. The first-order chi connectivity index (χ1) is 13.5. The van der Waals surface area contributed by atoms with Crippen molar-refractivity contribution in [3.63, 3.8) is 0 Å². The summed E-state index contributed by atoms with van der Waals surface area (Å²) in [6.45, 7) is 6.60. The average Bonchev–Trinajstić information content (AvgIpc) is 3.22. The molecule has 2 amide bonds. The first-order valence-corrected chi connectivity index (χ1v) is 9.96. The molecule has 28 heavy (non-hydrogen) atoms. The zero-order chi connectivity index (χ0) is 19.9. The maximum Gasteiger partial charge on any atom is 0.255 e. The van der Waals surface area contributed by atoms with Crippen LogP contribution in [0.1, 0.15) is 53.8 Å². The lowest BCUT2D eigenvalue weighted by Gasteiger charge is -2.16. The minimum atomic E-state index is -0.209. The Morgan fingerprint density at radius 2 is 1.75 bits per heavy atom. The van der Waals surface area contributed by atoms with Crippen molar-refractivity contribution in [1.82, 2.24) is 4.90 Å². The fourth-order valence-corrected chi connectivity index (χ4v) is 3.15. The second-order valence-corrected chi connectivity index (χ2v) is 7.59. The SMILES string of the molecule is CC(C)CCOc1ccc(C(=O)Nc2cccc(C(=O)N3CCCC3)c2)cc1. The lowest BCUT2D eigenvalue weighted by molar-refractivity contribution is 0.0792. The van der Waals surface area contributed by atoms with Crippen LogP contribution in [-0.2, 0) is 0 Å². The third-order valence-corrected chi connectivity index (χ3v) is 4.84. The van der Waals surface area contributed by atoms with Gasteiger partial charge in [0.1, 0.15) is 5.75 Å². The summed E-state index contributed by atoms with van der Waals surface area (Å²) >= 11 is 0. The molecule has 148 valence electrons. The monoisotopic (exact) mass is 380 g/mol. The molecule has 1 saturated heterocycles. The summed E-state index contributed by atoms with van der Waals surface area (Å²) in [5, 5.41) is 2.87. The normalized spacial score (nSPS) is 13.6. The summed E-state index contributed by atoms with van der Waals surface area (Å²) < 4.78 is 5.69. The number of hydrogen-bond acceptors (Lipinski definition) is 3. The maximum absolute atomic E-state index is 12.5. The van der Waals surface area contributed by atoms with Gasteiger partial charge in [-0.1, -0.05) is 19.9 Å². The number of ether oxygens (including phenoxy) is 1. The van der Waals surface area contributed by atoms with E-state index in [1.165, 1.54) is 0 Å². The van der Waals surface area contributed by atoms with E-state index in [0.29, 0.717) is 29.3 Å². The Labute approximate surface area is 166 Å². The molecule has 1 N–H and O–H groups in total. The topological polar surface area (TPSA) is 58.6 Å². The Morgan fingerprint density at radius 3 is 2.43 bits per heavy atom. The molecule has 1 aliphatic heterocycles. The van der Waals surface area contributed by atoms with E-state index < -0.39 is 0 Å². The van der Waals surface area contributed by atoms with E-state index in [1.807, 2.05) is 17.0 Å². The Bertz CT molecular complexity index is 809. The minimum absolute atomic E-state index is 0.0245. The Morgan fingerprint density at radius 1 is 1.04 bits per heavy atom. The molecule has 0 saturated carbocycles. The van der Waals surface area contributed by atoms with Crippen LogP contribution >= 0.6 is 0 Å². The van der Waals surface area contributed by atoms with E-state index >= 15 is 0 Å². The highest BCUT2D eigenvalue weighted by atomic mass is 16.5. The van der Waals surface area contributed by atoms with Crippen molar-refractivity contribution in [1.29, 1.82) is 0 Å². The van der Waals surface area contributed by atoms with Crippen LogP contribution in [0.4, 0.5) is 5.69 Å². The molecule has 0 spiro atoms. The third-order valence-electron chi connectivity index (χ3n) is 4.84. The van der Waals surface area contributed by atoms with Gasteiger partial charge >= 0.3 is 0 Å². The first kappa shape index (κ1) is 19.9. The fraction of sp³-hybridized carbons (Fsp3) is 0.391. The van der Waals surface area contributed by atoms with E-state index in [0.717, 1.165) is 38.1 Å². The summed E-state index contributed by atoms with van der Waals surface area (Å²) in [6, 6.07) is 14.2. The van der Waals surface area contributed by atoms with Crippen molar-refractivity contribution in [2.75, 3.05) is 25.0 Å². The van der Waals surface area contributed by atoms with Crippen molar-refractivity contribution in [3.05, 3.63) is 59.7 Å². The lowest BCUT2D eigenvalue weighted by atomic mass is 10.1. The van der Waals surface area contributed by atoms with Gasteiger partial charge in [0.15, 0.2) is 0 Å². The highest BCUT2D eigenvalue weighted by Crippen LogP contribution is 2.18. The van der Waals surface area contributed by atoms with Gasteiger partial charge in [0.2, 0.25) is 0 Å². The van der Waals surface area contributed by atoms with Crippen LogP contribution < -0.4 is 10.1 Å². The summed E-state index contributed by atoms with van der Waals surface area (Å²) in [6.07, 6.45) is 3.10. The summed E-state index contributed by atoms with van der Waals surface area (Å²) in [4.78, 5) is 26.9. The van der Waals surface area contributed by atoms with E-state index in [-0.39, 0.29) is 11.8 Å². The number of carbonyl (C=O) groups excluding carboxylic acids is 2. The Hall–Kier alpha value is -2.82. The van der Waals surface area contributed by atoms with Crippen LogP contribution in [0.25, 0.3) is 0 Å². The van der Waals surface area contributed by atoms with Crippen LogP contribution in [0.5, 0.6) is 5.75 Å². The molecule has 0 aliphatic carbocycles. The highest BCUT2D eigenvalue weighted by Gasteiger charge is 2.19. The molecule has 2 aromatic rings. The van der Waals surface area contributed by atoms with Crippen molar-refractivity contribution in [3.8, 4) is 5.75 Å². The molecule has 0 atom stereocenters. The first-order valence-electron chi connectivity index (χ1n) is 9.96. The smallest absolute Gasteiger partial charge is 0.255 e.